The van der Waals surface area contributed by atoms with Gasteiger partial charge >= 0.3 is 0 Å². The van der Waals surface area contributed by atoms with Crippen LogP contribution in [0.4, 0.5) is 0 Å². The Balaban J connectivity index is 2.46. The van der Waals surface area contributed by atoms with Gasteiger partial charge in [0.2, 0.25) is 5.91 Å². The third kappa shape index (κ3) is 4.46. The largest absolute Gasteiger partial charge is 0.352 e. The van der Waals surface area contributed by atoms with Crippen molar-refractivity contribution in [1.82, 2.24) is 15.5 Å². The van der Waals surface area contributed by atoms with E-state index in [1.54, 1.807) is 0 Å². The van der Waals surface area contributed by atoms with Crippen LogP contribution in [0.5, 0.6) is 0 Å². The molecule has 19 heavy (non-hydrogen) atoms. The highest BCUT2D eigenvalue weighted by molar-refractivity contribution is 5.81. The normalized spacial score (nSPS) is 21.4. The zero-order valence-corrected chi connectivity index (χ0v) is 13.3. The van der Waals surface area contributed by atoms with Crippen molar-refractivity contribution >= 4 is 5.91 Å². The Labute approximate surface area is 118 Å². The van der Waals surface area contributed by atoms with E-state index < -0.39 is 0 Å². The minimum Gasteiger partial charge on any atom is -0.352 e. The van der Waals surface area contributed by atoms with Crippen LogP contribution in [0.15, 0.2) is 0 Å². The Bertz CT molecular complexity index is 281. The molecule has 1 aliphatic heterocycles. The van der Waals surface area contributed by atoms with Crippen LogP contribution < -0.4 is 10.6 Å². The van der Waals surface area contributed by atoms with Gasteiger partial charge < -0.3 is 10.6 Å². The molecule has 1 heterocycles. The molecule has 1 fully saturated rings. The number of hydrogen-bond donors (Lipinski definition) is 2. The molecule has 0 aromatic carbocycles. The quantitative estimate of drug-likeness (QED) is 0.772. The van der Waals surface area contributed by atoms with E-state index in [-0.39, 0.29) is 17.5 Å². The molecule has 1 rings (SSSR count). The molecular formula is C15H31N3O. The van der Waals surface area contributed by atoms with Crippen molar-refractivity contribution in [2.24, 2.45) is 0 Å². The van der Waals surface area contributed by atoms with Gasteiger partial charge in [0.1, 0.15) is 0 Å². The van der Waals surface area contributed by atoms with Crippen LogP contribution in [0.3, 0.4) is 0 Å². The lowest BCUT2D eigenvalue weighted by atomic mass is 9.89. The highest BCUT2D eigenvalue weighted by Gasteiger charge is 2.32. The number of amides is 1. The van der Waals surface area contributed by atoms with Gasteiger partial charge in [-0.15, -0.1) is 0 Å². The molecule has 1 unspecified atom stereocenters. The van der Waals surface area contributed by atoms with E-state index in [0.717, 1.165) is 38.8 Å². The zero-order chi connectivity index (χ0) is 14.5. The molecule has 4 heteroatoms. The number of hydrogen-bond acceptors (Lipinski definition) is 3. The first-order chi connectivity index (χ1) is 8.95. The first-order valence-electron chi connectivity index (χ1n) is 7.69. The third-order valence-corrected chi connectivity index (χ3v) is 4.76. The average molecular weight is 269 g/mol. The Morgan fingerprint density at radius 1 is 1.26 bits per heavy atom. The lowest BCUT2D eigenvalue weighted by Gasteiger charge is -2.41. The summed E-state index contributed by atoms with van der Waals surface area (Å²) < 4.78 is 0. The molecule has 0 saturated carbocycles. The monoisotopic (exact) mass is 269 g/mol. The first kappa shape index (κ1) is 16.4. The van der Waals surface area contributed by atoms with Gasteiger partial charge in [-0.25, -0.2) is 0 Å². The predicted molar refractivity (Wildman–Crippen MR) is 80.2 cm³/mol. The molecule has 0 bridgehead atoms. The van der Waals surface area contributed by atoms with Crippen molar-refractivity contribution in [3.8, 4) is 0 Å². The molecule has 1 saturated heterocycles. The van der Waals surface area contributed by atoms with E-state index in [4.69, 9.17) is 0 Å². The molecule has 1 atom stereocenters. The fourth-order valence-corrected chi connectivity index (χ4v) is 2.64. The van der Waals surface area contributed by atoms with Crippen molar-refractivity contribution in [3.05, 3.63) is 0 Å². The van der Waals surface area contributed by atoms with Gasteiger partial charge in [0.15, 0.2) is 0 Å². The van der Waals surface area contributed by atoms with Gasteiger partial charge in [-0.2, -0.15) is 0 Å². The second-order valence-corrected chi connectivity index (χ2v) is 6.04. The smallest absolute Gasteiger partial charge is 0.237 e. The summed E-state index contributed by atoms with van der Waals surface area (Å²) in [5, 5.41) is 6.54. The summed E-state index contributed by atoms with van der Waals surface area (Å²) in [6.07, 6.45) is 4.22. The van der Waals surface area contributed by atoms with E-state index in [2.05, 4.69) is 36.3 Å². The minimum absolute atomic E-state index is 0.0120. The van der Waals surface area contributed by atoms with Crippen molar-refractivity contribution in [2.45, 2.75) is 71.0 Å². The molecule has 0 aromatic heterocycles. The maximum Gasteiger partial charge on any atom is 0.237 e. The topological polar surface area (TPSA) is 44.4 Å². The minimum atomic E-state index is -0.0120. The molecule has 0 spiro atoms. The summed E-state index contributed by atoms with van der Waals surface area (Å²) in [5.41, 5.74) is 0.238. The van der Waals surface area contributed by atoms with Crippen molar-refractivity contribution in [3.63, 3.8) is 0 Å². The zero-order valence-electron chi connectivity index (χ0n) is 13.3. The number of nitrogens with one attached hydrogen (secondary N) is 2. The Hall–Kier alpha value is -0.610. The van der Waals surface area contributed by atoms with Crippen molar-refractivity contribution < 1.29 is 4.79 Å². The SMILES string of the molecule is CCC(CC)NC(=O)C(C)N1CCC(C)(NC)CC1. The Morgan fingerprint density at radius 2 is 1.79 bits per heavy atom. The Morgan fingerprint density at radius 3 is 2.21 bits per heavy atom. The van der Waals surface area contributed by atoms with Crippen LogP contribution in [-0.4, -0.2) is 48.6 Å². The lowest BCUT2D eigenvalue weighted by molar-refractivity contribution is -0.127. The number of carbonyl (C=O) groups excluding carboxylic acids is 1. The summed E-state index contributed by atoms with van der Waals surface area (Å²) in [5.74, 6) is 0.182. The molecule has 2 N–H and O–H groups in total. The number of carbonyl (C=O) groups is 1. The summed E-state index contributed by atoms with van der Waals surface area (Å²) in [4.78, 5) is 14.5. The number of piperidine rings is 1. The van der Waals surface area contributed by atoms with Crippen LogP contribution in [0.1, 0.15) is 53.4 Å². The van der Waals surface area contributed by atoms with Crippen LogP contribution >= 0.6 is 0 Å². The standard InChI is InChI=1S/C15H31N3O/c1-6-13(7-2)17-14(19)12(3)18-10-8-15(4,16-5)9-11-18/h12-13,16H,6-11H2,1-5H3,(H,17,19). The predicted octanol–water partition coefficient (Wildman–Crippen LogP) is 1.75. The maximum atomic E-state index is 12.2. The second kappa shape index (κ2) is 7.25. The fourth-order valence-electron chi connectivity index (χ4n) is 2.64. The van der Waals surface area contributed by atoms with E-state index >= 15 is 0 Å². The molecule has 1 aliphatic rings. The van der Waals surface area contributed by atoms with Gasteiger partial charge in [0, 0.05) is 24.7 Å². The van der Waals surface area contributed by atoms with Gasteiger partial charge in [0.25, 0.3) is 0 Å². The van der Waals surface area contributed by atoms with Gasteiger partial charge in [-0.3, -0.25) is 9.69 Å². The van der Waals surface area contributed by atoms with Crippen molar-refractivity contribution in [1.29, 1.82) is 0 Å². The summed E-state index contributed by atoms with van der Waals surface area (Å²) in [6, 6.07) is 0.310. The number of likely N-dealkylation sites (tertiary alicyclic amines) is 1. The molecule has 1 amide bonds. The van der Waals surface area contributed by atoms with Crippen LogP contribution in [0, 0.1) is 0 Å². The van der Waals surface area contributed by atoms with Gasteiger partial charge in [0.05, 0.1) is 6.04 Å². The van der Waals surface area contributed by atoms with Gasteiger partial charge in [-0.1, -0.05) is 13.8 Å². The third-order valence-electron chi connectivity index (χ3n) is 4.76. The summed E-state index contributed by atoms with van der Waals surface area (Å²) >= 11 is 0. The molecule has 4 nitrogen and oxygen atoms in total. The van der Waals surface area contributed by atoms with Crippen LogP contribution in [0.25, 0.3) is 0 Å². The fraction of sp³-hybridized carbons (Fsp3) is 0.933. The molecule has 112 valence electrons. The first-order valence-corrected chi connectivity index (χ1v) is 7.69. The molecular weight excluding hydrogens is 238 g/mol. The highest BCUT2D eigenvalue weighted by Crippen LogP contribution is 2.22. The van der Waals surface area contributed by atoms with Gasteiger partial charge in [-0.05, 0) is 46.6 Å². The highest BCUT2D eigenvalue weighted by atomic mass is 16.2. The molecule has 0 aliphatic carbocycles. The van der Waals surface area contributed by atoms with E-state index in [1.165, 1.54) is 0 Å². The maximum absolute atomic E-state index is 12.2. The Kier molecular flexibility index (Phi) is 6.27. The lowest BCUT2D eigenvalue weighted by Crippen LogP contribution is -2.55. The van der Waals surface area contributed by atoms with Crippen molar-refractivity contribution in [2.75, 3.05) is 20.1 Å². The van der Waals surface area contributed by atoms with Crippen LogP contribution in [-0.2, 0) is 4.79 Å². The molecule has 0 radical (unpaired) electrons. The number of nitrogens with zero attached hydrogens (tertiary/aromatic N) is 1. The second-order valence-electron chi connectivity index (χ2n) is 6.04. The van der Waals surface area contributed by atoms with E-state index in [9.17, 15) is 4.79 Å². The average Bonchev–Trinajstić information content (AvgIpc) is 2.44. The molecule has 0 aromatic rings. The summed E-state index contributed by atoms with van der Waals surface area (Å²) in [6.45, 7) is 10.5. The summed E-state index contributed by atoms with van der Waals surface area (Å²) in [7, 11) is 2.03. The van der Waals surface area contributed by atoms with E-state index in [1.807, 2.05) is 14.0 Å². The van der Waals surface area contributed by atoms with Crippen LogP contribution in [0.2, 0.25) is 0 Å². The van der Waals surface area contributed by atoms with E-state index in [0.29, 0.717) is 6.04 Å². The number of rotatable bonds is 6.